The molecule has 3 N–H and O–H groups in total. The summed E-state index contributed by atoms with van der Waals surface area (Å²) in [5.41, 5.74) is 0.176. The van der Waals surface area contributed by atoms with E-state index in [1.165, 1.54) is 19.2 Å². The first-order valence-electron chi connectivity index (χ1n) is 11.6. The van der Waals surface area contributed by atoms with Crippen LogP contribution in [0.4, 0.5) is 4.39 Å². The highest BCUT2D eigenvalue weighted by Gasteiger charge is 2.54. The molecule has 0 saturated heterocycles. The van der Waals surface area contributed by atoms with Crippen molar-refractivity contribution in [1.82, 2.24) is 20.4 Å². The van der Waals surface area contributed by atoms with E-state index in [1.807, 2.05) is 6.92 Å². The third-order valence-corrected chi connectivity index (χ3v) is 7.39. The van der Waals surface area contributed by atoms with Crippen LogP contribution in [0.25, 0.3) is 0 Å². The number of hydrogen-bond acceptors (Lipinski definition) is 7. The summed E-state index contributed by atoms with van der Waals surface area (Å²) in [6.07, 6.45) is 2.60. The van der Waals surface area contributed by atoms with Gasteiger partial charge in [-0.15, -0.1) is 0 Å². The molecule has 3 saturated carbocycles. The van der Waals surface area contributed by atoms with Crippen LogP contribution in [-0.2, 0) is 16.1 Å². The lowest BCUT2D eigenvalue weighted by Gasteiger charge is -2.56. The smallest absolute Gasteiger partial charge is 0.356 e. The highest BCUT2D eigenvalue weighted by atomic mass is 35.5. The monoisotopic (exact) mass is 508 g/mol. The number of esters is 1. The zero-order valence-electron chi connectivity index (χ0n) is 19.8. The van der Waals surface area contributed by atoms with Gasteiger partial charge in [0.25, 0.3) is 5.91 Å². The maximum atomic E-state index is 13.6. The lowest BCUT2D eigenvalue weighted by molar-refractivity contribution is -0.129. The van der Waals surface area contributed by atoms with E-state index in [1.54, 1.807) is 10.7 Å². The molecular weight excluding hydrogens is 479 g/mol. The van der Waals surface area contributed by atoms with Gasteiger partial charge in [0.1, 0.15) is 17.3 Å². The maximum absolute atomic E-state index is 13.6. The van der Waals surface area contributed by atoms with E-state index in [-0.39, 0.29) is 23.3 Å². The van der Waals surface area contributed by atoms with Gasteiger partial charge in [-0.2, -0.15) is 5.10 Å². The number of halogens is 2. The SMILES string of the molecule is COC(=O)c1cc(C)nn1CCNC12CCC(NC(=O)COc3ccc(Cl)c(F)c3)(CC1)C[C@H]2O. The number of hydrogen-bond donors (Lipinski definition) is 3. The van der Waals surface area contributed by atoms with Gasteiger partial charge in [0.05, 0.1) is 30.5 Å². The Hall–Kier alpha value is -2.69. The van der Waals surface area contributed by atoms with E-state index in [0.717, 1.165) is 11.8 Å². The third kappa shape index (κ3) is 5.44. The van der Waals surface area contributed by atoms with Crippen LogP contribution in [0.2, 0.25) is 5.02 Å². The molecule has 5 rings (SSSR count). The Labute approximate surface area is 207 Å². The molecule has 1 atom stereocenters. The molecule has 0 unspecified atom stereocenters. The van der Waals surface area contributed by atoms with Crippen molar-refractivity contribution in [2.24, 2.45) is 0 Å². The van der Waals surface area contributed by atoms with E-state index in [4.69, 9.17) is 21.1 Å². The summed E-state index contributed by atoms with van der Waals surface area (Å²) in [5.74, 6) is -1.15. The van der Waals surface area contributed by atoms with Crippen molar-refractivity contribution in [3.63, 3.8) is 0 Å². The van der Waals surface area contributed by atoms with Crippen molar-refractivity contribution >= 4 is 23.5 Å². The molecule has 2 bridgehead atoms. The Morgan fingerprint density at radius 3 is 2.69 bits per heavy atom. The molecule has 0 spiro atoms. The molecule has 35 heavy (non-hydrogen) atoms. The Balaban J connectivity index is 1.29. The average molecular weight is 509 g/mol. The number of aliphatic hydroxyl groups excluding tert-OH is 1. The molecule has 3 aliphatic carbocycles. The number of rotatable bonds is 9. The minimum atomic E-state index is -0.643. The quantitative estimate of drug-likeness (QED) is 0.445. The largest absolute Gasteiger partial charge is 0.484 e. The van der Waals surface area contributed by atoms with Gasteiger partial charge in [0, 0.05) is 23.7 Å². The lowest BCUT2D eigenvalue weighted by atomic mass is 9.60. The van der Waals surface area contributed by atoms with Gasteiger partial charge in [-0.05, 0) is 57.2 Å². The normalized spacial score (nSPS) is 25.3. The standard InChI is InChI=1S/C24H30ClFN4O5/c1-15-11-19(22(33)34-2)30(29-15)10-9-27-24-7-5-23(6-8-24,13-20(24)31)28-21(32)14-35-16-3-4-17(25)18(26)12-16/h3-4,11-12,20,27,31H,5-10,13-14H2,1-2H3,(H,28,32)/t20-,23?,24?/m1/s1. The molecule has 190 valence electrons. The van der Waals surface area contributed by atoms with Gasteiger partial charge in [0.15, 0.2) is 6.61 Å². The summed E-state index contributed by atoms with van der Waals surface area (Å²) in [6.45, 7) is 2.53. The summed E-state index contributed by atoms with van der Waals surface area (Å²) in [5, 5.41) is 21.9. The van der Waals surface area contributed by atoms with Gasteiger partial charge in [-0.1, -0.05) is 11.6 Å². The van der Waals surface area contributed by atoms with E-state index in [0.29, 0.717) is 50.9 Å². The summed E-state index contributed by atoms with van der Waals surface area (Å²) >= 11 is 5.67. The molecule has 3 aliphatic rings. The van der Waals surface area contributed by atoms with Crippen LogP contribution in [0.15, 0.2) is 24.3 Å². The Bertz CT molecular complexity index is 1100. The average Bonchev–Trinajstić information content (AvgIpc) is 3.20. The second-order valence-corrected chi connectivity index (χ2v) is 9.79. The number of aryl methyl sites for hydroxylation is 1. The van der Waals surface area contributed by atoms with Crippen LogP contribution in [0, 0.1) is 12.7 Å². The van der Waals surface area contributed by atoms with E-state index >= 15 is 0 Å². The minimum Gasteiger partial charge on any atom is -0.484 e. The van der Waals surface area contributed by atoms with E-state index in [9.17, 15) is 19.1 Å². The molecule has 11 heteroatoms. The Morgan fingerprint density at radius 2 is 2.03 bits per heavy atom. The summed E-state index contributed by atoms with van der Waals surface area (Å²) in [4.78, 5) is 24.5. The number of aromatic nitrogens is 2. The summed E-state index contributed by atoms with van der Waals surface area (Å²) in [7, 11) is 1.33. The zero-order chi connectivity index (χ0) is 25.2. The van der Waals surface area contributed by atoms with E-state index in [2.05, 4.69) is 15.7 Å². The number of nitrogens with zero attached hydrogens (tertiary/aromatic N) is 2. The van der Waals surface area contributed by atoms with E-state index < -0.39 is 29.0 Å². The predicted molar refractivity (Wildman–Crippen MR) is 126 cm³/mol. The van der Waals surface area contributed by atoms with Crippen molar-refractivity contribution in [2.75, 3.05) is 20.3 Å². The number of fused-ring (bicyclic) bond motifs is 3. The topological polar surface area (TPSA) is 115 Å². The van der Waals surface area contributed by atoms with Crippen LogP contribution in [0.3, 0.4) is 0 Å². The van der Waals surface area contributed by atoms with Crippen molar-refractivity contribution < 1.29 is 28.6 Å². The molecular formula is C24H30ClFN4O5. The summed E-state index contributed by atoms with van der Waals surface area (Å²) in [6, 6.07) is 5.69. The molecule has 3 fully saturated rings. The fraction of sp³-hybridized carbons (Fsp3) is 0.542. The first-order chi connectivity index (χ1) is 16.7. The highest BCUT2D eigenvalue weighted by Crippen LogP contribution is 2.47. The number of methoxy groups -OCH3 is 1. The van der Waals surface area contributed by atoms with Crippen molar-refractivity contribution in [2.45, 2.75) is 62.8 Å². The molecule has 0 radical (unpaired) electrons. The molecule has 0 aliphatic heterocycles. The number of amides is 1. The maximum Gasteiger partial charge on any atom is 0.356 e. The first-order valence-corrected chi connectivity index (χ1v) is 12.0. The van der Waals surface area contributed by atoms with Crippen LogP contribution in [-0.4, -0.2) is 64.2 Å². The highest BCUT2D eigenvalue weighted by molar-refractivity contribution is 6.30. The zero-order valence-corrected chi connectivity index (χ0v) is 20.5. The van der Waals surface area contributed by atoms with Gasteiger partial charge in [-0.25, -0.2) is 9.18 Å². The van der Waals surface area contributed by atoms with Crippen LogP contribution in [0.1, 0.15) is 48.3 Å². The molecule has 9 nitrogen and oxygen atoms in total. The number of carbonyl (C=O) groups is 2. The number of nitrogens with one attached hydrogen (secondary N) is 2. The predicted octanol–water partition coefficient (Wildman–Crippen LogP) is 2.37. The molecule has 1 heterocycles. The number of carbonyl (C=O) groups excluding carboxylic acids is 2. The van der Waals surface area contributed by atoms with Gasteiger partial charge in [-0.3, -0.25) is 9.48 Å². The number of benzene rings is 1. The van der Waals surface area contributed by atoms with Gasteiger partial charge in [0.2, 0.25) is 0 Å². The number of ether oxygens (including phenoxy) is 2. The molecule has 2 aromatic rings. The lowest BCUT2D eigenvalue weighted by Crippen LogP contribution is -2.69. The second-order valence-electron chi connectivity index (χ2n) is 9.38. The Morgan fingerprint density at radius 1 is 1.29 bits per heavy atom. The summed E-state index contributed by atoms with van der Waals surface area (Å²) < 4.78 is 25.4. The van der Waals surface area contributed by atoms with Crippen LogP contribution < -0.4 is 15.4 Å². The van der Waals surface area contributed by atoms with Gasteiger partial charge < -0.3 is 25.2 Å². The first kappa shape index (κ1) is 25.4. The fourth-order valence-electron chi connectivity index (χ4n) is 5.19. The Kier molecular flexibility index (Phi) is 7.35. The molecule has 1 aromatic carbocycles. The van der Waals surface area contributed by atoms with Gasteiger partial charge >= 0.3 is 5.97 Å². The van der Waals surface area contributed by atoms with Crippen molar-refractivity contribution in [3.05, 3.63) is 46.5 Å². The third-order valence-electron chi connectivity index (χ3n) is 7.08. The second kappa shape index (κ2) is 10.1. The van der Waals surface area contributed by atoms with Crippen LogP contribution >= 0.6 is 11.6 Å². The van der Waals surface area contributed by atoms with Crippen molar-refractivity contribution in [1.29, 1.82) is 0 Å². The van der Waals surface area contributed by atoms with Crippen LogP contribution in [0.5, 0.6) is 5.75 Å². The van der Waals surface area contributed by atoms with Crippen molar-refractivity contribution in [3.8, 4) is 5.75 Å². The number of aliphatic hydroxyl groups is 1. The molecule has 1 amide bonds. The fourth-order valence-corrected chi connectivity index (χ4v) is 5.31. The minimum absolute atomic E-state index is 0.0141. The molecule has 1 aromatic heterocycles.